The van der Waals surface area contributed by atoms with Gasteiger partial charge in [-0.15, -0.1) is 5.10 Å². The summed E-state index contributed by atoms with van der Waals surface area (Å²) in [5, 5.41) is 15.4. The number of nitrogens with one attached hydrogen (secondary N) is 1. The van der Waals surface area contributed by atoms with Crippen molar-refractivity contribution in [1.82, 2.24) is 25.3 Å². The highest BCUT2D eigenvalue weighted by molar-refractivity contribution is 5.92. The molecular formula is C18H24N6O2. The number of anilines is 1. The summed E-state index contributed by atoms with van der Waals surface area (Å²) in [5.74, 6) is 0.828. The fourth-order valence-electron chi connectivity index (χ4n) is 3.81. The molecule has 0 aliphatic carbocycles. The number of aryl methyl sites for hydroxylation is 2. The minimum Gasteiger partial charge on any atom is -0.369 e. The monoisotopic (exact) mass is 356 g/mol. The van der Waals surface area contributed by atoms with Gasteiger partial charge in [0.25, 0.3) is 5.91 Å². The molecule has 2 aliphatic rings. The number of carbonyl (C=O) groups excluding carboxylic acids is 1. The maximum atomic E-state index is 12.8. The summed E-state index contributed by atoms with van der Waals surface area (Å²) >= 11 is 0. The molecule has 2 saturated heterocycles. The lowest BCUT2D eigenvalue weighted by molar-refractivity contribution is -0.105. The molecule has 2 aromatic heterocycles. The van der Waals surface area contributed by atoms with E-state index in [-0.39, 0.29) is 11.5 Å². The maximum Gasteiger partial charge on any atom is 0.274 e. The largest absolute Gasteiger partial charge is 0.369 e. The number of piperidine rings is 1. The second-order valence-electron chi connectivity index (χ2n) is 7.25. The quantitative estimate of drug-likeness (QED) is 0.873. The smallest absolute Gasteiger partial charge is 0.274 e. The van der Waals surface area contributed by atoms with Crippen molar-refractivity contribution >= 4 is 11.7 Å². The molecule has 1 spiro atoms. The molecule has 2 fully saturated rings. The second-order valence-corrected chi connectivity index (χ2v) is 7.25. The number of amides is 1. The van der Waals surface area contributed by atoms with Crippen LogP contribution in [0.4, 0.5) is 5.82 Å². The Kier molecular flexibility index (Phi) is 4.36. The first-order valence-corrected chi connectivity index (χ1v) is 9.05. The predicted octanol–water partition coefficient (Wildman–Crippen LogP) is 1.33. The lowest BCUT2D eigenvalue weighted by atomic mass is 9.90. The van der Waals surface area contributed by atoms with Gasteiger partial charge in [0, 0.05) is 18.8 Å². The third kappa shape index (κ3) is 3.29. The van der Waals surface area contributed by atoms with Crippen molar-refractivity contribution in [2.75, 3.05) is 37.7 Å². The van der Waals surface area contributed by atoms with E-state index in [0.717, 1.165) is 36.6 Å². The van der Waals surface area contributed by atoms with Gasteiger partial charge >= 0.3 is 0 Å². The summed E-state index contributed by atoms with van der Waals surface area (Å²) in [5.41, 5.74) is 1.90. The normalized spacial score (nSPS) is 23.5. The summed E-state index contributed by atoms with van der Waals surface area (Å²) in [6.07, 6.45) is 1.94. The summed E-state index contributed by atoms with van der Waals surface area (Å²) < 4.78 is 6.19. The van der Waals surface area contributed by atoms with Crippen LogP contribution in [0.2, 0.25) is 0 Å². The number of hydrogen-bond donors (Lipinski definition) is 1. The minimum atomic E-state index is -0.357. The van der Waals surface area contributed by atoms with Crippen molar-refractivity contribution in [2.45, 2.75) is 32.3 Å². The van der Waals surface area contributed by atoms with E-state index in [0.29, 0.717) is 31.9 Å². The maximum absolute atomic E-state index is 12.8. The van der Waals surface area contributed by atoms with Gasteiger partial charge in [-0.05, 0) is 44.9 Å². The summed E-state index contributed by atoms with van der Waals surface area (Å²) in [6, 6.07) is 5.76. The highest BCUT2D eigenvalue weighted by atomic mass is 16.5. The molecule has 8 nitrogen and oxygen atoms in total. The van der Waals surface area contributed by atoms with E-state index in [2.05, 4.69) is 25.3 Å². The number of rotatable bonds is 2. The van der Waals surface area contributed by atoms with E-state index < -0.39 is 0 Å². The third-order valence-electron chi connectivity index (χ3n) is 5.11. The molecule has 1 amide bonds. The zero-order valence-corrected chi connectivity index (χ0v) is 15.2. The van der Waals surface area contributed by atoms with Crippen LogP contribution in [0.15, 0.2) is 18.2 Å². The van der Waals surface area contributed by atoms with Gasteiger partial charge in [0.2, 0.25) is 0 Å². The highest BCUT2D eigenvalue weighted by Gasteiger charge is 2.42. The summed E-state index contributed by atoms with van der Waals surface area (Å²) in [4.78, 5) is 16.9. The average molecular weight is 356 g/mol. The molecule has 2 aromatic rings. The Hall–Kier alpha value is -2.48. The Morgan fingerprint density at radius 3 is 2.85 bits per heavy atom. The SMILES string of the molecule is Cc1ccc(N2CCCC3(CN(C(=O)c4cc(C)[nH]n4)CCO3)C2)nn1. The Balaban J connectivity index is 1.50. The van der Waals surface area contributed by atoms with Crippen LogP contribution in [0.1, 0.15) is 34.7 Å². The fraction of sp³-hybridized carbons (Fsp3) is 0.556. The molecule has 1 atom stereocenters. The van der Waals surface area contributed by atoms with Crippen LogP contribution in [0, 0.1) is 13.8 Å². The van der Waals surface area contributed by atoms with Gasteiger partial charge < -0.3 is 14.5 Å². The zero-order chi connectivity index (χ0) is 18.1. The van der Waals surface area contributed by atoms with Gasteiger partial charge in [0.1, 0.15) is 11.3 Å². The van der Waals surface area contributed by atoms with Crippen molar-refractivity contribution in [3.8, 4) is 0 Å². The lowest BCUT2D eigenvalue weighted by Gasteiger charge is -2.48. The summed E-state index contributed by atoms with van der Waals surface area (Å²) in [6.45, 7) is 7.18. The van der Waals surface area contributed by atoms with E-state index in [1.807, 2.05) is 30.9 Å². The first-order valence-electron chi connectivity index (χ1n) is 9.05. The molecule has 1 N–H and O–H groups in total. The van der Waals surface area contributed by atoms with Gasteiger partial charge in [-0.2, -0.15) is 10.2 Å². The van der Waals surface area contributed by atoms with Crippen molar-refractivity contribution in [3.63, 3.8) is 0 Å². The van der Waals surface area contributed by atoms with E-state index in [9.17, 15) is 4.79 Å². The fourth-order valence-corrected chi connectivity index (χ4v) is 3.81. The highest BCUT2D eigenvalue weighted by Crippen LogP contribution is 2.31. The molecular weight excluding hydrogens is 332 g/mol. The van der Waals surface area contributed by atoms with Crippen LogP contribution in [-0.4, -0.2) is 69.6 Å². The van der Waals surface area contributed by atoms with E-state index in [1.54, 1.807) is 6.07 Å². The molecule has 1 unspecified atom stereocenters. The number of H-pyrrole nitrogens is 1. The number of morpholine rings is 1. The van der Waals surface area contributed by atoms with Crippen LogP contribution < -0.4 is 4.90 Å². The molecule has 26 heavy (non-hydrogen) atoms. The Bertz CT molecular complexity index is 785. The number of nitrogens with zero attached hydrogens (tertiary/aromatic N) is 5. The van der Waals surface area contributed by atoms with E-state index >= 15 is 0 Å². The van der Waals surface area contributed by atoms with Gasteiger partial charge in [0.15, 0.2) is 5.82 Å². The Morgan fingerprint density at radius 1 is 1.23 bits per heavy atom. The predicted molar refractivity (Wildman–Crippen MR) is 96.1 cm³/mol. The molecule has 4 heterocycles. The minimum absolute atomic E-state index is 0.0377. The first kappa shape index (κ1) is 17.0. The lowest BCUT2D eigenvalue weighted by Crippen LogP contribution is -2.61. The average Bonchev–Trinajstić information content (AvgIpc) is 3.08. The van der Waals surface area contributed by atoms with Crippen LogP contribution in [0.3, 0.4) is 0 Å². The number of aromatic nitrogens is 4. The molecule has 0 aromatic carbocycles. The van der Waals surface area contributed by atoms with E-state index in [1.165, 1.54) is 0 Å². The molecule has 2 aliphatic heterocycles. The molecule has 0 saturated carbocycles. The molecule has 4 rings (SSSR count). The molecule has 8 heteroatoms. The van der Waals surface area contributed by atoms with Gasteiger partial charge in [-0.3, -0.25) is 9.89 Å². The van der Waals surface area contributed by atoms with Crippen molar-refractivity contribution < 1.29 is 9.53 Å². The zero-order valence-electron chi connectivity index (χ0n) is 15.2. The van der Waals surface area contributed by atoms with Crippen LogP contribution in [0.25, 0.3) is 0 Å². The van der Waals surface area contributed by atoms with Crippen molar-refractivity contribution in [2.24, 2.45) is 0 Å². The topological polar surface area (TPSA) is 87.2 Å². The molecule has 0 radical (unpaired) electrons. The first-order chi connectivity index (χ1) is 12.5. The standard InChI is InChI=1S/C18H24N6O2/c1-13-4-5-16(22-19-13)23-7-3-6-18(11-23)12-24(8-9-26-18)17(25)15-10-14(2)20-21-15/h4-5,10H,3,6-9,11-12H2,1-2H3,(H,20,21). The van der Waals surface area contributed by atoms with Crippen LogP contribution in [0.5, 0.6) is 0 Å². The van der Waals surface area contributed by atoms with Crippen molar-refractivity contribution in [3.05, 3.63) is 35.3 Å². The number of hydrogen-bond acceptors (Lipinski definition) is 6. The summed E-state index contributed by atoms with van der Waals surface area (Å²) in [7, 11) is 0. The van der Waals surface area contributed by atoms with Gasteiger partial charge in [-0.1, -0.05) is 0 Å². The van der Waals surface area contributed by atoms with Crippen LogP contribution >= 0.6 is 0 Å². The van der Waals surface area contributed by atoms with Crippen molar-refractivity contribution in [1.29, 1.82) is 0 Å². The Morgan fingerprint density at radius 2 is 2.12 bits per heavy atom. The number of ether oxygens (including phenoxy) is 1. The van der Waals surface area contributed by atoms with Crippen LogP contribution in [-0.2, 0) is 4.74 Å². The number of aromatic amines is 1. The second kappa shape index (κ2) is 6.68. The third-order valence-corrected chi connectivity index (χ3v) is 5.11. The van der Waals surface area contributed by atoms with Gasteiger partial charge in [0.05, 0.1) is 25.4 Å². The van der Waals surface area contributed by atoms with E-state index in [4.69, 9.17) is 4.74 Å². The number of carbonyl (C=O) groups is 1. The van der Waals surface area contributed by atoms with Gasteiger partial charge in [-0.25, -0.2) is 0 Å². The molecule has 138 valence electrons. The molecule has 0 bridgehead atoms. The Labute approximate surface area is 152 Å².